The normalized spacial score (nSPS) is 24.9. The minimum absolute atomic E-state index is 0.0253. The number of aromatic nitrogens is 6. The van der Waals surface area contributed by atoms with Gasteiger partial charge in [-0.05, 0) is 25.0 Å². The number of hydrogen-bond acceptors (Lipinski definition) is 12. The number of fused-ring (bicyclic) bond motifs is 2. The van der Waals surface area contributed by atoms with Crippen LogP contribution in [0.4, 0.5) is 5.82 Å². The van der Waals surface area contributed by atoms with Gasteiger partial charge in [-0.2, -0.15) is 13.1 Å². The van der Waals surface area contributed by atoms with Crippen molar-refractivity contribution in [1.82, 2.24) is 33.8 Å². The molecular weight excluding hydrogens is 654 g/mol. The van der Waals surface area contributed by atoms with E-state index in [9.17, 15) is 22.8 Å². The standard InChI is InChI=1S/C22H25Cl2N8O9PS/c23-12-3-14-15(4-13(12)24)31(9-28-14)19-5-16(17(40-19)7-38-42(33,34)35)41-43(36,37)30-6-11-1-2-18(39-11)32-10-29-20-21(25)26-8-27-22(20)32/h3-4,8-11,16-19,30H,1-2,5-7H2,(H2,25,26,27)(H2,33,34,35)/t11-,16-,17+,18+,19+/m0/s1. The number of nitrogens with one attached hydrogen (secondary N) is 1. The molecule has 5 heterocycles. The third-order valence-corrected chi connectivity index (χ3v) is 9.26. The van der Waals surface area contributed by atoms with Crippen molar-refractivity contribution < 1.29 is 41.0 Å². The quantitative estimate of drug-likeness (QED) is 0.176. The molecule has 4 aromatic rings. The van der Waals surface area contributed by atoms with Gasteiger partial charge in [-0.1, -0.05) is 23.2 Å². The van der Waals surface area contributed by atoms with Crippen LogP contribution in [0.1, 0.15) is 31.7 Å². The summed E-state index contributed by atoms with van der Waals surface area (Å²) in [4.78, 5) is 35.0. The molecule has 5 N–H and O–H groups in total. The number of phosphoric acid groups is 1. The Bertz CT molecular complexity index is 1820. The molecule has 3 aromatic heterocycles. The fraction of sp³-hybridized carbons (Fsp3) is 0.455. The molecule has 21 heteroatoms. The number of nitrogens with zero attached hydrogens (tertiary/aromatic N) is 6. The van der Waals surface area contributed by atoms with E-state index in [4.69, 9.17) is 42.6 Å². The Balaban J connectivity index is 1.12. The number of ether oxygens (including phenoxy) is 2. The molecule has 232 valence electrons. The molecule has 1 aromatic carbocycles. The van der Waals surface area contributed by atoms with Gasteiger partial charge in [0, 0.05) is 13.0 Å². The monoisotopic (exact) mass is 678 g/mol. The van der Waals surface area contributed by atoms with Gasteiger partial charge in [0.25, 0.3) is 0 Å². The highest BCUT2D eigenvalue weighted by Crippen LogP contribution is 2.40. The number of hydrogen-bond donors (Lipinski definition) is 4. The van der Waals surface area contributed by atoms with Crippen LogP contribution in [0.2, 0.25) is 10.0 Å². The topological polar surface area (TPSA) is 228 Å². The molecule has 2 aliphatic rings. The van der Waals surface area contributed by atoms with Gasteiger partial charge in [0.1, 0.15) is 36.5 Å². The van der Waals surface area contributed by atoms with Crippen LogP contribution in [0, 0.1) is 0 Å². The maximum Gasteiger partial charge on any atom is 0.469 e. The number of phosphoric ester groups is 1. The maximum atomic E-state index is 13.0. The van der Waals surface area contributed by atoms with Crippen LogP contribution in [0.3, 0.4) is 0 Å². The number of anilines is 1. The molecule has 0 spiro atoms. The summed E-state index contributed by atoms with van der Waals surface area (Å²) in [6.07, 6.45) is 1.29. The Morgan fingerprint density at radius 3 is 2.63 bits per heavy atom. The largest absolute Gasteiger partial charge is 0.469 e. The summed E-state index contributed by atoms with van der Waals surface area (Å²) in [5.41, 5.74) is 7.84. The molecule has 0 radical (unpaired) electrons. The van der Waals surface area contributed by atoms with E-state index in [1.165, 1.54) is 12.7 Å². The fourth-order valence-electron chi connectivity index (χ4n) is 5.06. The average Bonchev–Trinajstić information content (AvgIpc) is 3.72. The van der Waals surface area contributed by atoms with Gasteiger partial charge in [-0.15, -0.1) is 0 Å². The van der Waals surface area contributed by atoms with Crippen LogP contribution in [0.15, 0.2) is 31.1 Å². The van der Waals surface area contributed by atoms with Gasteiger partial charge >= 0.3 is 18.1 Å². The number of rotatable bonds is 10. The van der Waals surface area contributed by atoms with Crippen molar-refractivity contribution in [3.05, 3.63) is 41.2 Å². The van der Waals surface area contributed by atoms with Crippen molar-refractivity contribution in [1.29, 1.82) is 0 Å². The Hall–Kier alpha value is -2.48. The van der Waals surface area contributed by atoms with Crippen molar-refractivity contribution in [2.75, 3.05) is 18.9 Å². The van der Waals surface area contributed by atoms with E-state index in [0.29, 0.717) is 40.1 Å². The summed E-state index contributed by atoms with van der Waals surface area (Å²) in [6, 6.07) is 3.14. The van der Waals surface area contributed by atoms with Gasteiger partial charge < -0.3 is 29.6 Å². The zero-order valence-electron chi connectivity index (χ0n) is 21.9. The highest BCUT2D eigenvalue weighted by atomic mass is 35.5. The second-order valence-electron chi connectivity index (χ2n) is 9.87. The summed E-state index contributed by atoms with van der Waals surface area (Å²) in [5, 5.41) is 0.567. The lowest BCUT2D eigenvalue weighted by atomic mass is 10.2. The Morgan fingerprint density at radius 2 is 1.84 bits per heavy atom. The molecule has 0 amide bonds. The first-order valence-corrected chi connectivity index (χ1v) is 16.5. The predicted molar refractivity (Wildman–Crippen MR) is 151 cm³/mol. The average molecular weight is 679 g/mol. The molecule has 2 saturated heterocycles. The highest BCUT2D eigenvalue weighted by molar-refractivity contribution is 7.84. The Labute approximate surface area is 253 Å². The zero-order chi connectivity index (χ0) is 30.5. The molecule has 17 nitrogen and oxygen atoms in total. The van der Waals surface area contributed by atoms with E-state index in [0.717, 1.165) is 0 Å². The second-order valence-corrected chi connectivity index (χ2v) is 13.3. The van der Waals surface area contributed by atoms with Crippen LogP contribution < -0.4 is 10.5 Å². The summed E-state index contributed by atoms with van der Waals surface area (Å²) in [7, 11) is -9.27. The maximum absolute atomic E-state index is 13.0. The van der Waals surface area contributed by atoms with E-state index in [-0.39, 0.29) is 23.8 Å². The zero-order valence-corrected chi connectivity index (χ0v) is 25.2. The van der Waals surface area contributed by atoms with Crippen LogP contribution >= 0.6 is 31.0 Å². The molecule has 0 aliphatic carbocycles. The molecular formula is C22H25Cl2N8O9PS. The molecule has 2 fully saturated rings. The van der Waals surface area contributed by atoms with E-state index < -0.39 is 55.5 Å². The molecule has 0 saturated carbocycles. The van der Waals surface area contributed by atoms with E-state index in [1.807, 2.05) is 0 Å². The smallest absolute Gasteiger partial charge is 0.382 e. The number of nitrogen functional groups attached to an aromatic ring is 1. The van der Waals surface area contributed by atoms with E-state index in [2.05, 4.69) is 29.2 Å². The van der Waals surface area contributed by atoms with Crippen LogP contribution in [0.5, 0.6) is 0 Å². The molecule has 5 atom stereocenters. The van der Waals surface area contributed by atoms with Crippen molar-refractivity contribution >= 4 is 69.3 Å². The molecule has 6 rings (SSSR count). The predicted octanol–water partition coefficient (Wildman–Crippen LogP) is 2.06. The minimum atomic E-state index is -4.89. The number of imidazole rings is 2. The number of halogens is 2. The first-order valence-electron chi connectivity index (χ1n) is 12.8. The SMILES string of the molecule is Nc1ncnc2c1ncn2[C@H]1CC[C@@H](CNS(=O)(=O)O[C@H]2C[C@H](n3cnc4cc(Cl)c(Cl)cc43)O[C@@H]2COP(=O)(O)O)O1. The molecule has 43 heavy (non-hydrogen) atoms. The first kappa shape index (κ1) is 30.5. The minimum Gasteiger partial charge on any atom is -0.382 e. The Kier molecular flexibility index (Phi) is 8.38. The van der Waals surface area contributed by atoms with Gasteiger partial charge in [-0.3, -0.25) is 13.3 Å². The van der Waals surface area contributed by atoms with E-state index >= 15 is 0 Å². The van der Waals surface area contributed by atoms with Crippen molar-refractivity contribution in [2.45, 2.75) is 50.0 Å². The second kappa shape index (κ2) is 11.8. The van der Waals surface area contributed by atoms with Gasteiger partial charge in [0.15, 0.2) is 11.5 Å². The number of benzene rings is 1. The third-order valence-electron chi connectivity index (χ3n) is 7.04. The lowest BCUT2D eigenvalue weighted by Gasteiger charge is -2.20. The molecule has 0 unspecified atom stereocenters. The lowest BCUT2D eigenvalue weighted by molar-refractivity contribution is -0.0379. The number of nitrogens with two attached hydrogens (primary N) is 1. The van der Waals surface area contributed by atoms with Crippen molar-refractivity contribution in [3.8, 4) is 0 Å². The van der Waals surface area contributed by atoms with Crippen LogP contribution in [-0.2, 0) is 33.0 Å². The van der Waals surface area contributed by atoms with Crippen molar-refractivity contribution in [2.24, 2.45) is 0 Å². The van der Waals surface area contributed by atoms with Gasteiger partial charge in [0.05, 0.1) is 46.4 Å². The first-order chi connectivity index (χ1) is 20.4. The third kappa shape index (κ3) is 6.64. The highest BCUT2D eigenvalue weighted by Gasteiger charge is 2.42. The van der Waals surface area contributed by atoms with Gasteiger partial charge in [-0.25, -0.2) is 24.5 Å². The molecule has 0 bridgehead atoms. The summed E-state index contributed by atoms with van der Waals surface area (Å²) in [6.45, 7) is -0.741. The van der Waals surface area contributed by atoms with Crippen molar-refractivity contribution in [3.63, 3.8) is 0 Å². The lowest BCUT2D eigenvalue weighted by Crippen LogP contribution is -2.38. The fourth-order valence-corrected chi connectivity index (χ4v) is 6.70. The summed E-state index contributed by atoms with van der Waals surface area (Å²) < 4.78 is 64.9. The molecule has 2 aliphatic heterocycles. The van der Waals surface area contributed by atoms with Crippen LogP contribution in [0.25, 0.3) is 22.2 Å². The van der Waals surface area contributed by atoms with E-state index in [1.54, 1.807) is 27.6 Å². The summed E-state index contributed by atoms with van der Waals surface area (Å²) in [5.74, 6) is 0.236. The van der Waals surface area contributed by atoms with Crippen LogP contribution in [-0.4, -0.2) is 78.7 Å². The van der Waals surface area contributed by atoms with Gasteiger partial charge in [0.2, 0.25) is 0 Å². The Morgan fingerprint density at radius 1 is 1.07 bits per heavy atom. The summed E-state index contributed by atoms with van der Waals surface area (Å²) >= 11 is 12.2.